The van der Waals surface area contributed by atoms with Crippen LogP contribution in [0.15, 0.2) is 28.7 Å². The van der Waals surface area contributed by atoms with E-state index < -0.39 is 0 Å². The molecule has 0 aliphatic heterocycles. The Balaban J connectivity index is 1.89. The summed E-state index contributed by atoms with van der Waals surface area (Å²) < 4.78 is 5.70. The molecular formula is C16H20N2O2. The van der Waals surface area contributed by atoms with Gasteiger partial charge in [-0.1, -0.05) is 11.6 Å². The lowest BCUT2D eigenvalue weighted by atomic mass is 9.91. The van der Waals surface area contributed by atoms with Gasteiger partial charge in [-0.2, -0.15) is 0 Å². The normalized spacial score (nSPS) is 15.3. The number of carbonyl (C=O) groups excluding carboxylic acids is 1. The van der Waals surface area contributed by atoms with Crippen molar-refractivity contribution in [3.8, 4) is 0 Å². The predicted molar refractivity (Wildman–Crippen MR) is 78.7 cm³/mol. The molecule has 0 atom stereocenters. The van der Waals surface area contributed by atoms with Crippen molar-refractivity contribution in [2.75, 3.05) is 13.1 Å². The van der Waals surface area contributed by atoms with Crippen molar-refractivity contribution in [1.82, 2.24) is 4.90 Å². The zero-order chi connectivity index (χ0) is 14.1. The molecule has 0 bridgehead atoms. The third kappa shape index (κ3) is 2.31. The third-order valence-corrected chi connectivity index (χ3v) is 4.03. The molecule has 106 valence electrons. The molecule has 1 fully saturated rings. The van der Waals surface area contributed by atoms with E-state index in [2.05, 4.69) is 0 Å². The topological polar surface area (TPSA) is 59.5 Å². The van der Waals surface area contributed by atoms with Gasteiger partial charge in [-0.15, -0.1) is 0 Å². The summed E-state index contributed by atoms with van der Waals surface area (Å²) >= 11 is 0. The number of carbonyl (C=O) groups is 1. The Bertz CT molecular complexity index is 628. The van der Waals surface area contributed by atoms with Crippen molar-refractivity contribution >= 4 is 16.9 Å². The van der Waals surface area contributed by atoms with Crippen LogP contribution in [0.25, 0.3) is 11.0 Å². The van der Waals surface area contributed by atoms with Crippen LogP contribution < -0.4 is 5.73 Å². The quantitative estimate of drug-likeness (QED) is 0.931. The minimum absolute atomic E-state index is 0.0333. The van der Waals surface area contributed by atoms with Crippen molar-refractivity contribution in [2.45, 2.75) is 32.2 Å². The molecule has 2 aromatic rings. The standard InChI is InChI=1S/C16H20N2O2/c1-11-5-6-14-12(9-11)10-15(20-14)16(19)18(8-7-17)13-3-2-4-13/h5-6,9-10,13H,2-4,7-8,17H2,1H3. The Morgan fingerprint density at radius 3 is 2.85 bits per heavy atom. The van der Waals surface area contributed by atoms with Crippen LogP contribution in [-0.4, -0.2) is 29.9 Å². The number of benzene rings is 1. The average Bonchev–Trinajstić information content (AvgIpc) is 2.78. The molecule has 20 heavy (non-hydrogen) atoms. The van der Waals surface area contributed by atoms with E-state index in [-0.39, 0.29) is 5.91 Å². The lowest BCUT2D eigenvalue weighted by Crippen LogP contribution is -2.46. The number of amides is 1. The monoisotopic (exact) mass is 272 g/mol. The summed E-state index contributed by atoms with van der Waals surface area (Å²) in [7, 11) is 0. The summed E-state index contributed by atoms with van der Waals surface area (Å²) in [6.07, 6.45) is 3.34. The van der Waals surface area contributed by atoms with Crippen molar-refractivity contribution in [2.24, 2.45) is 5.73 Å². The molecule has 0 radical (unpaired) electrons. The molecule has 1 aliphatic carbocycles. The second-order valence-corrected chi connectivity index (χ2v) is 5.52. The van der Waals surface area contributed by atoms with Crippen LogP contribution >= 0.6 is 0 Å². The molecule has 1 aromatic carbocycles. The van der Waals surface area contributed by atoms with E-state index >= 15 is 0 Å². The molecule has 2 N–H and O–H groups in total. The first-order valence-corrected chi connectivity index (χ1v) is 7.20. The Labute approximate surface area is 118 Å². The van der Waals surface area contributed by atoms with E-state index in [9.17, 15) is 4.79 Å². The number of aryl methyl sites for hydroxylation is 1. The fourth-order valence-corrected chi connectivity index (χ4v) is 2.70. The third-order valence-electron chi connectivity index (χ3n) is 4.03. The average molecular weight is 272 g/mol. The van der Waals surface area contributed by atoms with Crippen molar-refractivity contribution in [3.63, 3.8) is 0 Å². The molecule has 1 aromatic heterocycles. The van der Waals surface area contributed by atoms with Crippen LogP contribution in [0, 0.1) is 6.92 Å². The molecule has 0 unspecified atom stereocenters. The summed E-state index contributed by atoms with van der Waals surface area (Å²) in [5.74, 6) is 0.389. The predicted octanol–water partition coefficient (Wildman–Crippen LogP) is 2.69. The number of hydrogen-bond acceptors (Lipinski definition) is 3. The minimum atomic E-state index is -0.0333. The van der Waals surface area contributed by atoms with E-state index in [0.29, 0.717) is 24.9 Å². The number of rotatable bonds is 4. The first-order chi connectivity index (χ1) is 9.69. The van der Waals surface area contributed by atoms with Gasteiger partial charge in [-0.05, 0) is 44.4 Å². The number of nitrogens with zero attached hydrogens (tertiary/aromatic N) is 1. The van der Waals surface area contributed by atoms with Gasteiger partial charge in [0.15, 0.2) is 5.76 Å². The maximum absolute atomic E-state index is 12.6. The molecule has 1 saturated carbocycles. The van der Waals surface area contributed by atoms with E-state index in [0.717, 1.165) is 29.4 Å². The Morgan fingerprint density at radius 2 is 2.20 bits per heavy atom. The lowest BCUT2D eigenvalue weighted by molar-refractivity contribution is 0.0559. The van der Waals surface area contributed by atoms with Crippen molar-refractivity contribution < 1.29 is 9.21 Å². The van der Waals surface area contributed by atoms with Crippen molar-refractivity contribution in [3.05, 3.63) is 35.6 Å². The molecule has 4 heteroatoms. The fraction of sp³-hybridized carbons (Fsp3) is 0.438. The molecule has 1 aliphatic rings. The van der Waals surface area contributed by atoms with Crippen LogP contribution in [-0.2, 0) is 0 Å². The van der Waals surface area contributed by atoms with E-state index in [1.807, 2.05) is 36.1 Å². The number of hydrogen-bond donors (Lipinski definition) is 1. The largest absolute Gasteiger partial charge is 0.451 e. The van der Waals surface area contributed by atoms with Gasteiger partial charge in [0.1, 0.15) is 5.58 Å². The second kappa shape index (κ2) is 5.29. The van der Waals surface area contributed by atoms with Crippen LogP contribution in [0.1, 0.15) is 35.4 Å². The zero-order valence-corrected chi connectivity index (χ0v) is 11.8. The minimum Gasteiger partial charge on any atom is -0.451 e. The highest BCUT2D eigenvalue weighted by Gasteiger charge is 2.30. The number of nitrogens with two attached hydrogens (primary N) is 1. The maximum Gasteiger partial charge on any atom is 0.289 e. The molecule has 0 saturated heterocycles. The van der Waals surface area contributed by atoms with Crippen LogP contribution in [0.4, 0.5) is 0 Å². The highest BCUT2D eigenvalue weighted by Crippen LogP contribution is 2.28. The van der Waals surface area contributed by atoms with Gasteiger partial charge in [0, 0.05) is 24.5 Å². The van der Waals surface area contributed by atoms with E-state index in [4.69, 9.17) is 10.2 Å². The molecule has 1 heterocycles. The van der Waals surface area contributed by atoms with E-state index in [1.54, 1.807) is 0 Å². The molecule has 3 rings (SSSR count). The number of fused-ring (bicyclic) bond motifs is 1. The molecule has 4 nitrogen and oxygen atoms in total. The Kier molecular flexibility index (Phi) is 3.49. The van der Waals surface area contributed by atoms with Gasteiger partial charge < -0.3 is 15.1 Å². The van der Waals surface area contributed by atoms with Gasteiger partial charge >= 0.3 is 0 Å². The Morgan fingerprint density at radius 1 is 1.40 bits per heavy atom. The fourth-order valence-electron chi connectivity index (χ4n) is 2.70. The van der Waals surface area contributed by atoms with Crippen molar-refractivity contribution in [1.29, 1.82) is 0 Å². The summed E-state index contributed by atoms with van der Waals surface area (Å²) in [5.41, 5.74) is 7.56. The van der Waals surface area contributed by atoms with Gasteiger partial charge in [0.05, 0.1) is 0 Å². The summed E-state index contributed by atoms with van der Waals surface area (Å²) in [5, 5.41) is 0.981. The van der Waals surface area contributed by atoms with E-state index in [1.165, 1.54) is 6.42 Å². The first kappa shape index (κ1) is 13.2. The molecule has 1 amide bonds. The lowest BCUT2D eigenvalue weighted by Gasteiger charge is -2.36. The highest BCUT2D eigenvalue weighted by atomic mass is 16.3. The van der Waals surface area contributed by atoms with Gasteiger partial charge in [0.25, 0.3) is 5.91 Å². The summed E-state index contributed by atoms with van der Waals surface area (Å²) in [6.45, 7) is 3.12. The summed E-state index contributed by atoms with van der Waals surface area (Å²) in [6, 6.07) is 8.11. The van der Waals surface area contributed by atoms with Crippen LogP contribution in [0.3, 0.4) is 0 Å². The smallest absolute Gasteiger partial charge is 0.289 e. The molecular weight excluding hydrogens is 252 g/mol. The van der Waals surface area contributed by atoms with Crippen LogP contribution in [0.5, 0.6) is 0 Å². The van der Waals surface area contributed by atoms with Gasteiger partial charge in [-0.3, -0.25) is 4.79 Å². The zero-order valence-electron chi connectivity index (χ0n) is 11.8. The van der Waals surface area contributed by atoms with Gasteiger partial charge in [0.2, 0.25) is 0 Å². The van der Waals surface area contributed by atoms with Gasteiger partial charge in [-0.25, -0.2) is 0 Å². The molecule has 0 spiro atoms. The van der Waals surface area contributed by atoms with Crippen LogP contribution in [0.2, 0.25) is 0 Å². The highest BCUT2D eigenvalue weighted by molar-refractivity contribution is 5.96. The second-order valence-electron chi connectivity index (χ2n) is 5.52. The SMILES string of the molecule is Cc1ccc2oc(C(=O)N(CCN)C3CCC3)cc2c1. The summed E-state index contributed by atoms with van der Waals surface area (Å²) in [4.78, 5) is 14.5. The number of furan rings is 1. The first-order valence-electron chi connectivity index (χ1n) is 7.20. The Hall–Kier alpha value is -1.81. The maximum atomic E-state index is 12.6.